The van der Waals surface area contributed by atoms with E-state index < -0.39 is 23.2 Å². The lowest BCUT2D eigenvalue weighted by molar-refractivity contribution is -0.132. The predicted molar refractivity (Wildman–Crippen MR) is 126 cm³/mol. The number of H-pyrrole nitrogens is 1. The largest absolute Gasteiger partial charge is 0.333 e. The molecule has 7 nitrogen and oxygen atoms in total. The number of aromatic nitrogens is 2. The number of aromatic amines is 1. The van der Waals surface area contributed by atoms with Crippen LogP contribution in [0.2, 0.25) is 0 Å². The van der Waals surface area contributed by atoms with Gasteiger partial charge in [-0.2, -0.15) is 0 Å². The van der Waals surface area contributed by atoms with E-state index in [0.717, 1.165) is 41.8 Å². The number of rotatable bonds is 8. The van der Waals surface area contributed by atoms with Crippen LogP contribution in [0.3, 0.4) is 0 Å². The molecule has 0 aliphatic heterocycles. The van der Waals surface area contributed by atoms with E-state index in [4.69, 9.17) is 0 Å². The fourth-order valence-corrected chi connectivity index (χ4v) is 5.86. The lowest BCUT2D eigenvalue weighted by Crippen LogP contribution is -2.39. The fourth-order valence-electron chi connectivity index (χ4n) is 3.79. The van der Waals surface area contributed by atoms with Crippen LogP contribution in [0.15, 0.2) is 23.0 Å². The number of halogens is 2. The predicted octanol–water partition coefficient (Wildman–Crippen LogP) is 3.47. The van der Waals surface area contributed by atoms with E-state index in [1.165, 1.54) is 27.6 Å². The SMILES string of the molecule is CCN(CC(=O)Nc1c(F)cccc1F)C(=O)CSCc1nc2sc3c(c2c(=O)[nH]1)CCC3. The second-order valence-electron chi connectivity index (χ2n) is 7.60. The van der Waals surface area contributed by atoms with Gasteiger partial charge in [0.25, 0.3) is 5.56 Å². The van der Waals surface area contributed by atoms with Crippen LogP contribution in [-0.2, 0) is 28.2 Å². The van der Waals surface area contributed by atoms with Crippen LogP contribution in [0, 0.1) is 11.6 Å². The van der Waals surface area contributed by atoms with Gasteiger partial charge >= 0.3 is 0 Å². The summed E-state index contributed by atoms with van der Waals surface area (Å²) < 4.78 is 27.4. The lowest BCUT2D eigenvalue weighted by Gasteiger charge is -2.20. The highest BCUT2D eigenvalue weighted by Gasteiger charge is 2.22. The van der Waals surface area contributed by atoms with Crippen LogP contribution in [0.5, 0.6) is 0 Å². The number of carbonyl (C=O) groups is 2. The van der Waals surface area contributed by atoms with E-state index in [1.807, 2.05) is 0 Å². The number of hydrogen-bond acceptors (Lipinski definition) is 6. The Morgan fingerprint density at radius 2 is 2.03 bits per heavy atom. The normalized spacial score (nSPS) is 12.7. The molecule has 2 amide bonds. The minimum absolute atomic E-state index is 0.0673. The quantitative estimate of drug-likeness (QED) is 0.502. The van der Waals surface area contributed by atoms with Crippen molar-refractivity contribution < 1.29 is 18.4 Å². The average Bonchev–Trinajstić information content (AvgIpc) is 3.35. The Kier molecular flexibility index (Phi) is 7.08. The van der Waals surface area contributed by atoms with Gasteiger partial charge < -0.3 is 15.2 Å². The summed E-state index contributed by atoms with van der Waals surface area (Å²) in [6.07, 6.45) is 2.96. The van der Waals surface area contributed by atoms with Gasteiger partial charge in [0.05, 0.1) is 23.4 Å². The maximum atomic E-state index is 13.7. The smallest absolute Gasteiger partial charge is 0.259 e. The molecule has 3 aromatic rings. The van der Waals surface area contributed by atoms with Gasteiger partial charge in [-0.05, 0) is 43.9 Å². The number of anilines is 1. The van der Waals surface area contributed by atoms with Crippen LogP contribution in [0.25, 0.3) is 10.2 Å². The highest BCUT2D eigenvalue weighted by atomic mass is 32.2. The number of thiophene rings is 1. The summed E-state index contributed by atoms with van der Waals surface area (Å²) >= 11 is 2.83. The second kappa shape index (κ2) is 10.0. The third-order valence-electron chi connectivity index (χ3n) is 5.38. The van der Waals surface area contributed by atoms with E-state index in [0.29, 0.717) is 17.0 Å². The Morgan fingerprint density at radius 1 is 1.27 bits per heavy atom. The molecule has 33 heavy (non-hydrogen) atoms. The zero-order valence-electron chi connectivity index (χ0n) is 17.9. The fraction of sp³-hybridized carbons (Fsp3) is 0.364. The molecule has 0 spiro atoms. The number of nitrogens with zero attached hydrogens (tertiary/aromatic N) is 2. The molecule has 2 heterocycles. The number of likely N-dealkylation sites (N-methyl/N-ethyl adjacent to an activating group) is 1. The summed E-state index contributed by atoms with van der Waals surface area (Å²) in [5, 5.41) is 2.87. The third-order valence-corrected chi connectivity index (χ3v) is 7.50. The molecule has 11 heteroatoms. The first kappa shape index (κ1) is 23.4. The number of carbonyl (C=O) groups excluding carboxylic acids is 2. The number of amides is 2. The molecule has 0 radical (unpaired) electrons. The standard InChI is InChI=1S/C22H22F2N4O3S2/c1-2-28(9-17(29)27-20-13(23)6-4-7-14(20)24)18(30)11-32-10-16-25-21(31)19-12-5-3-8-15(12)33-22(19)26-16/h4,6-7H,2-3,5,8-11H2,1H3,(H,27,29)(H,25,26,31). The summed E-state index contributed by atoms with van der Waals surface area (Å²) in [4.78, 5) is 47.9. The van der Waals surface area contributed by atoms with Crippen LogP contribution in [0.4, 0.5) is 14.5 Å². The highest BCUT2D eigenvalue weighted by molar-refractivity contribution is 7.99. The van der Waals surface area contributed by atoms with Crippen molar-refractivity contribution in [3.8, 4) is 0 Å². The zero-order chi connectivity index (χ0) is 23.5. The number of thioether (sulfide) groups is 1. The summed E-state index contributed by atoms with van der Waals surface area (Å²) in [5.41, 5.74) is 0.434. The Morgan fingerprint density at radius 3 is 2.76 bits per heavy atom. The number of aryl methyl sites for hydroxylation is 2. The van der Waals surface area contributed by atoms with Gasteiger partial charge in [-0.3, -0.25) is 14.4 Å². The first-order chi connectivity index (χ1) is 15.9. The van der Waals surface area contributed by atoms with Crippen LogP contribution >= 0.6 is 23.1 Å². The molecule has 0 atom stereocenters. The van der Waals surface area contributed by atoms with Crippen molar-refractivity contribution in [2.45, 2.75) is 31.9 Å². The molecule has 4 rings (SSSR count). The Bertz CT molecular complexity index is 1250. The lowest BCUT2D eigenvalue weighted by atomic mass is 10.2. The molecule has 1 aliphatic carbocycles. The van der Waals surface area contributed by atoms with Gasteiger partial charge in [0.15, 0.2) is 0 Å². The van der Waals surface area contributed by atoms with Crippen molar-refractivity contribution in [3.05, 3.63) is 56.5 Å². The molecule has 0 saturated carbocycles. The molecule has 0 fully saturated rings. The monoisotopic (exact) mass is 492 g/mol. The van der Waals surface area contributed by atoms with E-state index in [1.54, 1.807) is 18.3 Å². The van der Waals surface area contributed by atoms with E-state index in [-0.39, 0.29) is 30.3 Å². The molecule has 0 bridgehead atoms. The molecule has 0 unspecified atom stereocenters. The van der Waals surface area contributed by atoms with Crippen LogP contribution < -0.4 is 10.9 Å². The molecular formula is C22H22F2N4O3S2. The molecule has 1 aromatic carbocycles. The number of fused-ring (bicyclic) bond motifs is 3. The van der Waals surface area contributed by atoms with Gasteiger partial charge in [-0.1, -0.05) is 6.07 Å². The minimum Gasteiger partial charge on any atom is -0.333 e. The molecule has 2 aromatic heterocycles. The number of nitrogens with one attached hydrogen (secondary N) is 2. The third kappa shape index (κ3) is 5.09. The van der Waals surface area contributed by atoms with Crippen LogP contribution in [0.1, 0.15) is 29.6 Å². The molecule has 1 aliphatic rings. The number of para-hydroxylation sites is 1. The first-order valence-electron chi connectivity index (χ1n) is 10.5. The summed E-state index contributed by atoms with van der Waals surface area (Å²) in [5.74, 6) is -1.86. The maximum absolute atomic E-state index is 13.7. The minimum atomic E-state index is -0.886. The van der Waals surface area contributed by atoms with E-state index in [2.05, 4.69) is 15.3 Å². The summed E-state index contributed by atoms with van der Waals surface area (Å²) in [6, 6.07) is 3.28. The van der Waals surface area contributed by atoms with Gasteiger partial charge in [-0.25, -0.2) is 13.8 Å². The van der Waals surface area contributed by atoms with Crippen molar-refractivity contribution in [1.29, 1.82) is 0 Å². The topological polar surface area (TPSA) is 95.2 Å². The van der Waals surface area contributed by atoms with E-state index >= 15 is 0 Å². The van der Waals surface area contributed by atoms with E-state index in [9.17, 15) is 23.2 Å². The Hall–Kier alpha value is -2.79. The zero-order valence-corrected chi connectivity index (χ0v) is 19.5. The van der Waals surface area contributed by atoms with Gasteiger partial charge in [-0.15, -0.1) is 23.1 Å². The first-order valence-corrected chi connectivity index (χ1v) is 12.5. The molecule has 2 N–H and O–H groups in total. The Labute approximate surface area is 196 Å². The van der Waals surface area contributed by atoms with Crippen molar-refractivity contribution in [3.63, 3.8) is 0 Å². The van der Waals surface area contributed by atoms with Crippen molar-refractivity contribution >= 4 is 50.8 Å². The number of hydrogen-bond donors (Lipinski definition) is 2. The molecular weight excluding hydrogens is 470 g/mol. The van der Waals surface area contributed by atoms with Crippen LogP contribution in [-0.4, -0.2) is 45.5 Å². The van der Waals surface area contributed by atoms with Gasteiger partial charge in [0.2, 0.25) is 11.8 Å². The maximum Gasteiger partial charge on any atom is 0.259 e. The number of benzene rings is 1. The van der Waals surface area contributed by atoms with Gasteiger partial charge in [0, 0.05) is 11.4 Å². The molecule has 174 valence electrons. The summed E-state index contributed by atoms with van der Waals surface area (Å²) in [6.45, 7) is 1.64. The molecule has 0 saturated heterocycles. The van der Waals surface area contributed by atoms with Crippen molar-refractivity contribution in [2.75, 3.05) is 24.2 Å². The highest BCUT2D eigenvalue weighted by Crippen LogP contribution is 2.34. The van der Waals surface area contributed by atoms with Crippen molar-refractivity contribution in [1.82, 2.24) is 14.9 Å². The average molecular weight is 493 g/mol. The van der Waals surface area contributed by atoms with Gasteiger partial charge in [0.1, 0.15) is 28.0 Å². The Balaban J connectivity index is 1.33. The van der Waals surface area contributed by atoms with Crippen molar-refractivity contribution in [2.24, 2.45) is 0 Å². The second-order valence-corrected chi connectivity index (χ2v) is 9.66. The summed E-state index contributed by atoms with van der Waals surface area (Å²) in [7, 11) is 0.